The molecule has 0 saturated heterocycles. The highest BCUT2D eigenvalue weighted by molar-refractivity contribution is 9.10. The Kier molecular flexibility index (Phi) is 4.90. The van der Waals surface area contributed by atoms with E-state index in [1.54, 1.807) is 0 Å². The van der Waals surface area contributed by atoms with Crippen molar-refractivity contribution in [2.45, 2.75) is 56.8 Å². The van der Waals surface area contributed by atoms with Gasteiger partial charge in [0.1, 0.15) is 5.75 Å². The van der Waals surface area contributed by atoms with E-state index in [0.717, 1.165) is 29.3 Å². The quantitative estimate of drug-likeness (QED) is 0.827. The second-order valence-electron chi connectivity index (χ2n) is 6.83. The van der Waals surface area contributed by atoms with Gasteiger partial charge >= 0.3 is 0 Å². The summed E-state index contributed by atoms with van der Waals surface area (Å²) in [5.41, 5.74) is 7.69. The Hall–Kier alpha value is -0.540. The molecule has 21 heavy (non-hydrogen) atoms. The van der Waals surface area contributed by atoms with E-state index < -0.39 is 0 Å². The fourth-order valence-corrected chi connectivity index (χ4v) is 4.14. The first-order valence-electron chi connectivity index (χ1n) is 8.36. The molecule has 2 aliphatic carbocycles. The minimum Gasteiger partial charge on any atom is -0.493 e. The maximum atomic E-state index is 6.17. The number of nitrogens with two attached hydrogens (primary N) is 1. The van der Waals surface area contributed by atoms with Crippen LogP contribution in [-0.4, -0.2) is 13.2 Å². The molecule has 0 aromatic heterocycles. The zero-order valence-electron chi connectivity index (χ0n) is 12.7. The van der Waals surface area contributed by atoms with Gasteiger partial charge in [-0.05, 0) is 55.4 Å². The van der Waals surface area contributed by atoms with Crippen LogP contribution >= 0.6 is 15.9 Å². The average molecular weight is 352 g/mol. The van der Waals surface area contributed by atoms with Gasteiger partial charge in [0.25, 0.3) is 0 Å². The summed E-state index contributed by atoms with van der Waals surface area (Å²) in [5, 5.41) is 0. The third kappa shape index (κ3) is 3.45. The van der Waals surface area contributed by atoms with Crippen molar-refractivity contribution >= 4 is 15.9 Å². The van der Waals surface area contributed by atoms with Gasteiger partial charge in [-0.15, -0.1) is 0 Å². The van der Waals surface area contributed by atoms with Gasteiger partial charge in [0, 0.05) is 16.4 Å². The van der Waals surface area contributed by atoms with Crippen LogP contribution in [0.5, 0.6) is 5.75 Å². The fourth-order valence-electron chi connectivity index (χ4n) is 3.66. The van der Waals surface area contributed by atoms with Gasteiger partial charge in [-0.1, -0.05) is 41.6 Å². The Morgan fingerprint density at radius 1 is 1.10 bits per heavy atom. The zero-order chi connectivity index (χ0) is 14.7. The lowest BCUT2D eigenvalue weighted by molar-refractivity contribution is 0.180. The van der Waals surface area contributed by atoms with Crippen LogP contribution in [0, 0.1) is 5.92 Å². The van der Waals surface area contributed by atoms with Crippen LogP contribution in [0.4, 0.5) is 0 Å². The molecular formula is C18H26BrNO. The number of benzene rings is 1. The number of rotatable bonds is 5. The van der Waals surface area contributed by atoms with E-state index >= 15 is 0 Å². The Morgan fingerprint density at radius 3 is 2.48 bits per heavy atom. The smallest absolute Gasteiger partial charge is 0.120 e. The molecule has 1 aromatic rings. The summed E-state index contributed by atoms with van der Waals surface area (Å²) in [7, 11) is 0. The van der Waals surface area contributed by atoms with Crippen molar-refractivity contribution in [3.8, 4) is 5.75 Å². The van der Waals surface area contributed by atoms with Crippen LogP contribution in [0.25, 0.3) is 0 Å². The predicted octanol–water partition coefficient (Wildman–Crippen LogP) is 4.79. The van der Waals surface area contributed by atoms with Crippen LogP contribution in [0.1, 0.15) is 56.9 Å². The van der Waals surface area contributed by atoms with Gasteiger partial charge in [0.2, 0.25) is 0 Å². The molecule has 2 saturated carbocycles. The molecule has 3 heteroatoms. The van der Waals surface area contributed by atoms with E-state index in [0.29, 0.717) is 0 Å². The fraction of sp³-hybridized carbons (Fsp3) is 0.667. The van der Waals surface area contributed by atoms with Gasteiger partial charge in [-0.2, -0.15) is 0 Å². The Balaban J connectivity index is 1.78. The van der Waals surface area contributed by atoms with Crippen LogP contribution in [0.15, 0.2) is 22.7 Å². The highest BCUT2D eigenvalue weighted by Crippen LogP contribution is 2.41. The van der Waals surface area contributed by atoms with E-state index in [-0.39, 0.29) is 5.41 Å². The topological polar surface area (TPSA) is 35.2 Å². The summed E-state index contributed by atoms with van der Waals surface area (Å²) in [5.74, 6) is 1.77. The van der Waals surface area contributed by atoms with Crippen molar-refractivity contribution in [3.05, 3.63) is 28.2 Å². The standard InChI is InChI=1S/C18H26BrNO/c19-16-9-15(18(13-20)7-2-1-3-8-18)10-17(11-16)21-12-14-5-4-6-14/h9-11,14H,1-8,12-13,20H2. The molecule has 0 spiro atoms. The SMILES string of the molecule is NCC1(c2cc(Br)cc(OCC3CCC3)c2)CCCCC1. The summed E-state index contributed by atoms with van der Waals surface area (Å²) < 4.78 is 7.15. The number of hydrogen-bond donors (Lipinski definition) is 1. The molecule has 2 aliphatic rings. The first kappa shape index (κ1) is 15.4. The molecule has 2 fully saturated rings. The van der Waals surface area contributed by atoms with Crippen LogP contribution in [0.3, 0.4) is 0 Å². The zero-order valence-corrected chi connectivity index (χ0v) is 14.3. The van der Waals surface area contributed by atoms with Crippen molar-refractivity contribution in [1.29, 1.82) is 0 Å². The summed E-state index contributed by atoms with van der Waals surface area (Å²) in [6.07, 6.45) is 10.4. The maximum absolute atomic E-state index is 6.17. The molecule has 0 atom stereocenters. The highest BCUT2D eigenvalue weighted by atomic mass is 79.9. The third-order valence-corrected chi connectivity index (χ3v) is 5.85. The molecular weight excluding hydrogens is 326 g/mol. The molecule has 2 N–H and O–H groups in total. The maximum Gasteiger partial charge on any atom is 0.120 e. The van der Waals surface area contributed by atoms with Gasteiger partial charge in [-0.25, -0.2) is 0 Å². The van der Waals surface area contributed by atoms with Crippen molar-refractivity contribution in [2.24, 2.45) is 11.7 Å². The lowest BCUT2D eigenvalue weighted by atomic mass is 9.69. The number of halogens is 1. The van der Waals surface area contributed by atoms with Crippen molar-refractivity contribution < 1.29 is 4.74 Å². The molecule has 0 unspecified atom stereocenters. The first-order valence-corrected chi connectivity index (χ1v) is 9.15. The molecule has 0 amide bonds. The first-order chi connectivity index (χ1) is 10.2. The summed E-state index contributed by atoms with van der Waals surface area (Å²) >= 11 is 3.65. The lowest BCUT2D eigenvalue weighted by Crippen LogP contribution is -2.37. The van der Waals surface area contributed by atoms with E-state index in [4.69, 9.17) is 10.5 Å². The molecule has 3 rings (SSSR count). The summed E-state index contributed by atoms with van der Waals surface area (Å²) in [4.78, 5) is 0. The van der Waals surface area contributed by atoms with E-state index in [9.17, 15) is 0 Å². The summed E-state index contributed by atoms with van der Waals surface area (Å²) in [6.45, 7) is 1.61. The van der Waals surface area contributed by atoms with Crippen LogP contribution < -0.4 is 10.5 Å². The highest BCUT2D eigenvalue weighted by Gasteiger charge is 2.33. The second-order valence-corrected chi connectivity index (χ2v) is 7.74. The van der Waals surface area contributed by atoms with Crippen molar-refractivity contribution in [3.63, 3.8) is 0 Å². The Morgan fingerprint density at radius 2 is 1.86 bits per heavy atom. The van der Waals surface area contributed by atoms with E-state index in [2.05, 4.69) is 34.1 Å². The lowest BCUT2D eigenvalue weighted by Gasteiger charge is -2.37. The van der Waals surface area contributed by atoms with Crippen molar-refractivity contribution in [1.82, 2.24) is 0 Å². The summed E-state index contributed by atoms with van der Waals surface area (Å²) in [6, 6.07) is 6.57. The second kappa shape index (κ2) is 6.70. The van der Waals surface area contributed by atoms with E-state index in [1.165, 1.54) is 56.9 Å². The van der Waals surface area contributed by atoms with Crippen molar-refractivity contribution in [2.75, 3.05) is 13.2 Å². The van der Waals surface area contributed by atoms with Gasteiger partial charge < -0.3 is 10.5 Å². The Labute approximate surface area is 136 Å². The van der Waals surface area contributed by atoms with Gasteiger partial charge in [0.15, 0.2) is 0 Å². The average Bonchev–Trinajstić information content (AvgIpc) is 2.46. The Bertz CT molecular complexity index is 478. The van der Waals surface area contributed by atoms with Gasteiger partial charge in [0.05, 0.1) is 6.61 Å². The van der Waals surface area contributed by atoms with Gasteiger partial charge in [-0.3, -0.25) is 0 Å². The minimum absolute atomic E-state index is 0.163. The molecule has 116 valence electrons. The normalized spacial score (nSPS) is 21.8. The monoisotopic (exact) mass is 351 g/mol. The number of hydrogen-bond acceptors (Lipinski definition) is 2. The third-order valence-electron chi connectivity index (χ3n) is 5.40. The predicted molar refractivity (Wildman–Crippen MR) is 90.8 cm³/mol. The largest absolute Gasteiger partial charge is 0.493 e. The molecule has 0 heterocycles. The molecule has 2 nitrogen and oxygen atoms in total. The molecule has 0 bridgehead atoms. The molecule has 1 aromatic carbocycles. The van der Waals surface area contributed by atoms with Crippen LogP contribution in [0.2, 0.25) is 0 Å². The minimum atomic E-state index is 0.163. The molecule has 0 aliphatic heterocycles. The number of ether oxygens (including phenoxy) is 1. The molecule has 0 radical (unpaired) electrons. The van der Waals surface area contributed by atoms with E-state index in [1.807, 2.05) is 0 Å². The van der Waals surface area contributed by atoms with Crippen LogP contribution in [-0.2, 0) is 5.41 Å².